The summed E-state index contributed by atoms with van der Waals surface area (Å²) in [6.45, 7) is 1.47. The van der Waals surface area contributed by atoms with Gasteiger partial charge in [-0.3, -0.25) is 14.9 Å². The number of rotatable bonds is 9. The van der Waals surface area contributed by atoms with Crippen molar-refractivity contribution in [2.24, 2.45) is 5.92 Å². The number of H-pyrrole nitrogens is 2. The van der Waals surface area contributed by atoms with Crippen molar-refractivity contribution in [2.75, 3.05) is 37.8 Å². The summed E-state index contributed by atoms with van der Waals surface area (Å²) in [7, 11) is 3.97. The van der Waals surface area contributed by atoms with Crippen LogP contribution in [0.5, 0.6) is 0 Å². The van der Waals surface area contributed by atoms with Crippen LogP contribution >= 0.6 is 0 Å². The molecule has 7 rings (SSSR count). The number of fused-ring (bicyclic) bond motifs is 2. The molecule has 0 saturated heterocycles. The summed E-state index contributed by atoms with van der Waals surface area (Å²) >= 11 is 0. The third kappa shape index (κ3) is 6.41. The molecule has 0 aliphatic heterocycles. The molecule has 47 heavy (non-hydrogen) atoms. The van der Waals surface area contributed by atoms with Crippen molar-refractivity contribution in [3.63, 3.8) is 0 Å². The molecule has 240 valence electrons. The number of benzene rings is 2. The van der Waals surface area contributed by atoms with E-state index in [-0.39, 0.29) is 17.6 Å². The lowest BCUT2D eigenvalue weighted by molar-refractivity contribution is -0.120. The van der Waals surface area contributed by atoms with Crippen molar-refractivity contribution in [3.8, 4) is 33.8 Å². The lowest BCUT2D eigenvalue weighted by atomic mass is 9.88. The van der Waals surface area contributed by atoms with Crippen molar-refractivity contribution in [1.82, 2.24) is 35.0 Å². The topological polar surface area (TPSA) is 128 Å². The number of aromatic nitrogens is 6. The number of carbonyl (C=O) groups excluding carboxylic acids is 1. The minimum Gasteiger partial charge on any atom is -0.384 e. The fourth-order valence-electron chi connectivity index (χ4n) is 6.24. The number of nitrogens with one attached hydrogen (secondary N) is 4. The van der Waals surface area contributed by atoms with Crippen LogP contribution in [-0.2, 0) is 4.79 Å². The molecule has 0 spiro atoms. The van der Waals surface area contributed by atoms with Gasteiger partial charge in [0.25, 0.3) is 0 Å². The van der Waals surface area contributed by atoms with Gasteiger partial charge in [0, 0.05) is 65.2 Å². The van der Waals surface area contributed by atoms with Crippen molar-refractivity contribution in [3.05, 3.63) is 72.7 Å². The molecule has 4 N–H and O–H groups in total. The Morgan fingerprint density at radius 3 is 2.64 bits per heavy atom. The van der Waals surface area contributed by atoms with Crippen LogP contribution in [0.2, 0.25) is 0 Å². The number of nitrogens with zero attached hydrogens (tertiary/aromatic N) is 5. The first-order valence-electron chi connectivity index (χ1n) is 15.8. The van der Waals surface area contributed by atoms with Crippen LogP contribution in [0.15, 0.2) is 61.1 Å². The van der Waals surface area contributed by atoms with Gasteiger partial charge < -0.3 is 20.5 Å². The SMILES string of the molecule is CN(C)CCNc1cc(F)cc(-c2ccnc3nc(-c4n[nH]c5cc(F)c(-c6cncc(NC(=O)C7CCCCC7)c6)cc45)[nH]c23)c1. The van der Waals surface area contributed by atoms with Crippen molar-refractivity contribution < 1.29 is 13.6 Å². The predicted octanol–water partition coefficient (Wildman–Crippen LogP) is 7.00. The van der Waals surface area contributed by atoms with Crippen LogP contribution in [0.25, 0.3) is 55.8 Å². The van der Waals surface area contributed by atoms with Gasteiger partial charge in [0.15, 0.2) is 11.5 Å². The van der Waals surface area contributed by atoms with Crippen LogP contribution < -0.4 is 10.6 Å². The van der Waals surface area contributed by atoms with E-state index in [2.05, 4.69) is 35.8 Å². The van der Waals surface area contributed by atoms with Crippen LogP contribution in [-0.4, -0.2) is 68.1 Å². The van der Waals surface area contributed by atoms with Crippen LogP contribution in [0.3, 0.4) is 0 Å². The lowest BCUT2D eigenvalue weighted by Gasteiger charge is -2.20. The molecule has 1 saturated carbocycles. The molecule has 1 aliphatic carbocycles. The highest BCUT2D eigenvalue weighted by Crippen LogP contribution is 2.35. The molecule has 0 bridgehead atoms. The number of imidazole rings is 1. The smallest absolute Gasteiger partial charge is 0.227 e. The summed E-state index contributed by atoms with van der Waals surface area (Å²) < 4.78 is 30.2. The van der Waals surface area contributed by atoms with E-state index in [9.17, 15) is 9.18 Å². The second-order valence-electron chi connectivity index (χ2n) is 12.3. The molecule has 0 unspecified atom stereocenters. The maximum absolute atomic E-state index is 15.5. The Morgan fingerprint density at radius 2 is 1.81 bits per heavy atom. The zero-order valence-electron chi connectivity index (χ0n) is 26.2. The van der Waals surface area contributed by atoms with Crippen LogP contribution in [0.4, 0.5) is 20.2 Å². The number of hydrogen-bond acceptors (Lipinski definition) is 7. The first kappa shape index (κ1) is 30.4. The first-order chi connectivity index (χ1) is 22.8. The molecule has 4 heterocycles. The Hall–Kier alpha value is -5.23. The molecule has 1 aliphatic rings. The van der Waals surface area contributed by atoms with E-state index in [1.807, 2.05) is 31.1 Å². The van der Waals surface area contributed by atoms with Gasteiger partial charge >= 0.3 is 0 Å². The van der Waals surface area contributed by atoms with Crippen molar-refractivity contribution in [1.29, 1.82) is 0 Å². The quantitative estimate of drug-likeness (QED) is 0.135. The molecule has 10 nitrogen and oxygen atoms in total. The largest absolute Gasteiger partial charge is 0.384 e. The Kier molecular flexibility index (Phi) is 8.33. The number of hydrogen-bond donors (Lipinski definition) is 4. The summed E-state index contributed by atoms with van der Waals surface area (Å²) in [5, 5.41) is 14.3. The average molecular weight is 636 g/mol. The minimum atomic E-state index is -0.458. The fraction of sp³-hybridized carbons (Fsp3) is 0.286. The first-order valence-corrected chi connectivity index (χ1v) is 15.8. The molecule has 0 atom stereocenters. The van der Waals surface area contributed by atoms with E-state index in [0.717, 1.165) is 44.2 Å². The summed E-state index contributed by atoms with van der Waals surface area (Å²) in [5.74, 6) is -0.430. The summed E-state index contributed by atoms with van der Waals surface area (Å²) in [6, 6.07) is 11.5. The van der Waals surface area contributed by atoms with E-state index in [1.165, 1.54) is 18.2 Å². The highest BCUT2D eigenvalue weighted by Gasteiger charge is 2.22. The summed E-state index contributed by atoms with van der Waals surface area (Å²) in [4.78, 5) is 31.7. The number of carbonyl (C=O) groups is 1. The average Bonchev–Trinajstić information content (AvgIpc) is 3.68. The third-order valence-corrected chi connectivity index (χ3v) is 8.66. The zero-order valence-corrected chi connectivity index (χ0v) is 26.2. The fourth-order valence-corrected chi connectivity index (χ4v) is 6.24. The van der Waals surface area contributed by atoms with E-state index in [0.29, 0.717) is 68.2 Å². The Balaban J connectivity index is 1.21. The summed E-state index contributed by atoms with van der Waals surface area (Å²) in [6.07, 6.45) is 9.80. The van der Waals surface area contributed by atoms with E-state index in [1.54, 1.807) is 30.7 Å². The van der Waals surface area contributed by atoms with Crippen molar-refractivity contribution in [2.45, 2.75) is 32.1 Å². The summed E-state index contributed by atoms with van der Waals surface area (Å²) in [5.41, 5.74) is 5.45. The monoisotopic (exact) mass is 635 g/mol. The number of likely N-dealkylation sites (N-methyl/N-ethyl adjacent to an activating group) is 1. The maximum atomic E-state index is 15.5. The van der Waals surface area contributed by atoms with Crippen LogP contribution in [0.1, 0.15) is 32.1 Å². The predicted molar refractivity (Wildman–Crippen MR) is 180 cm³/mol. The highest BCUT2D eigenvalue weighted by atomic mass is 19.1. The van der Waals surface area contributed by atoms with Crippen LogP contribution in [0, 0.1) is 17.6 Å². The zero-order chi connectivity index (χ0) is 32.5. The maximum Gasteiger partial charge on any atom is 0.227 e. The minimum absolute atomic E-state index is 0.0134. The van der Waals surface area contributed by atoms with E-state index >= 15 is 4.39 Å². The molecule has 6 aromatic rings. The molecular weight excluding hydrogens is 600 g/mol. The second-order valence-corrected chi connectivity index (χ2v) is 12.3. The van der Waals surface area contributed by atoms with Gasteiger partial charge in [-0.2, -0.15) is 5.10 Å². The Morgan fingerprint density at radius 1 is 0.979 bits per heavy atom. The lowest BCUT2D eigenvalue weighted by Crippen LogP contribution is -2.24. The van der Waals surface area contributed by atoms with Gasteiger partial charge in [-0.1, -0.05) is 19.3 Å². The van der Waals surface area contributed by atoms with Gasteiger partial charge in [-0.25, -0.2) is 18.7 Å². The molecule has 4 aromatic heterocycles. The Bertz CT molecular complexity index is 2080. The van der Waals surface area contributed by atoms with Gasteiger partial charge in [-0.05, 0) is 68.9 Å². The van der Waals surface area contributed by atoms with Crippen molar-refractivity contribution >= 4 is 39.3 Å². The molecule has 1 fully saturated rings. The number of amides is 1. The van der Waals surface area contributed by atoms with Gasteiger partial charge in [-0.15, -0.1) is 0 Å². The van der Waals surface area contributed by atoms with E-state index in [4.69, 9.17) is 4.98 Å². The number of aromatic amines is 2. The second kappa shape index (κ2) is 12.9. The number of halogens is 2. The number of anilines is 2. The normalized spacial score (nSPS) is 13.9. The van der Waals surface area contributed by atoms with Gasteiger partial charge in [0.2, 0.25) is 5.91 Å². The molecule has 0 radical (unpaired) electrons. The van der Waals surface area contributed by atoms with Gasteiger partial charge in [0.1, 0.15) is 17.3 Å². The Labute approximate surface area is 270 Å². The molecule has 12 heteroatoms. The highest BCUT2D eigenvalue weighted by molar-refractivity contribution is 5.98. The standard InChI is InChI=1S/C35H35F2N9O/c1-46(2)11-10-39-24-13-21(12-23(36)15-24)26-8-9-40-33-31(26)42-34(43-33)32-28-16-27(29(37)17-30(28)44-45-32)22-14-25(19-38-18-22)41-35(47)20-6-4-3-5-7-20/h8-9,12-20,39H,3-7,10-11H2,1-2H3,(H,41,47)(H,44,45)(H,40,42,43). The van der Waals surface area contributed by atoms with Gasteiger partial charge in [0.05, 0.1) is 22.9 Å². The molecule has 2 aromatic carbocycles. The molecular formula is C35H35F2N9O. The number of pyridine rings is 2. The molecule has 1 amide bonds. The van der Waals surface area contributed by atoms with E-state index < -0.39 is 5.82 Å². The third-order valence-electron chi connectivity index (χ3n) is 8.66.